The third kappa shape index (κ3) is 3.38. The number of halogens is 1. The van der Waals surface area contributed by atoms with Crippen LogP contribution in [0.25, 0.3) is 0 Å². The average molecular weight is 330 g/mol. The van der Waals surface area contributed by atoms with E-state index >= 15 is 0 Å². The number of aliphatic hydroxyl groups is 1. The summed E-state index contributed by atoms with van der Waals surface area (Å²) in [6.45, 7) is 4.30. The zero-order valence-corrected chi connectivity index (χ0v) is 13.5. The first kappa shape index (κ1) is 15.0. The molecule has 0 aliphatic heterocycles. The minimum Gasteiger partial charge on any atom is -0.396 e. The van der Waals surface area contributed by atoms with Crippen molar-refractivity contribution in [2.24, 2.45) is 7.05 Å². The summed E-state index contributed by atoms with van der Waals surface area (Å²) in [4.78, 5) is 2.50. The van der Waals surface area contributed by atoms with Gasteiger partial charge in [0.1, 0.15) is 0 Å². The summed E-state index contributed by atoms with van der Waals surface area (Å²) in [5.41, 5.74) is 2.38. The quantitative estimate of drug-likeness (QED) is 0.835. The molecule has 1 aliphatic rings. The Labute approximate surface area is 123 Å². The van der Waals surface area contributed by atoms with Gasteiger partial charge in [-0.1, -0.05) is 13.3 Å². The lowest BCUT2D eigenvalue weighted by Gasteiger charge is -2.37. The molecule has 0 amide bonds. The molecular weight excluding hydrogens is 306 g/mol. The molecule has 4 nitrogen and oxygen atoms in total. The smallest absolute Gasteiger partial charge is 0.0767 e. The molecule has 0 spiro atoms. The first-order valence-corrected chi connectivity index (χ1v) is 8.01. The molecule has 2 rings (SSSR count). The number of aryl methyl sites for hydroxylation is 2. The summed E-state index contributed by atoms with van der Waals surface area (Å²) in [7, 11) is 2.02. The summed E-state index contributed by atoms with van der Waals surface area (Å²) >= 11 is 3.69. The first-order valence-electron chi connectivity index (χ1n) is 7.22. The number of aliphatic hydroxyl groups excluding tert-OH is 1. The summed E-state index contributed by atoms with van der Waals surface area (Å²) in [6, 6.07) is 0.693. The average Bonchev–Trinajstić information content (AvgIpc) is 2.60. The molecule has 1 aliphatic carbocycles. The molecule has 0 aromatic carbocycles. The molecule has 1 fully saturated rings. The third-order valence-corrected chi connectivity index (χ3v) is 4.97. The molecule has 0 saturated heterocycles. The Morgan fingerprint density at radius 1 is 1.47 bits per heavy atom. The predicted octanol–water partition coefficient (Wildman–Crippen LogP) is 2.48. The summed E-state index contributed by atoms with van der Waals surface area (Å²) in [5.74, 6) is 0. The Morgan fingerprint density at radius 3 is 2.68 bits per heavy atom. The lowest BCUT2D eigenvalue weighted by Crippen LogP contribution is -2.40. The topological polar surface area (TPSA) is 41.3 Å². The van der Waals surface area contributed by atoms with E-state index in [1.165, 1.54) is 25.0 Å². The minimum atomic E-state index is 0.274. The highest BCUT2D eigenvalue weighted by atomic mass is 79.9. The monoisotopic (exact) mass is 329 g/mol. The third-order valence-electron chi connectivity index (χ3n) is 4.05. The van der Waals surface area contributed by atoms with E-state index in [2.05, 4.69) is 32.9 Å². The van der Waals surface area contributed by atoms with E-state index in [1.807, 2.05) is 11.7 Å². The van der Waals surface area contributed by atoms with Crippen LogP contribution < -0.4 is 0 Å². The standard InChI is InChI=1S/C14H24BrN3O/c1-3-12-14(15)13(17(2)16-12)10-18(8-5-9-19)11-6-4-7-11/h11,19H,3-10H2,1-2H3. The maximum absolute atomic E-state index is 9.05. The second kappa shape index (κ2) is 6.86. The van der Waals surface area contributed by atoms with Crippen LogP contribution in [0.15, 0.2) is 4.47 Å². The fraction of sp³-hybridized carbons (Fsp3) is 0.786. The van der Waals surface area contributed by atoms with E-state index in [4.69, 9.17) is 5.11 Å². The second-order valence-electron chi connectivity index (χ2n) is 5.32. The Balaban J connectivity index is 2.09. The molecule has 5 heteroatoms. The van der Waals surface area contributed by atoms with E-state index in [9.17, 15) is 0 Å². The van der Waals surface area contributed by atoms with Gasteiger partial charge in [-0.05, 0) is 41.6 Å². The van der Waals surface area contributed by atoms with Gasteiger partial charge >= 0.3 is 0 Å². The van der Waals surface area contributed by atoms with Gasteiger partial charge in [0.25, 0.3) is 0 Å². The number of hydrogen-bond donors (Lipinski definition) is 1. The van der Waals surface area contributed by atoms with E-state index in [1.54, 1.807) is 0 Å². The minimum absolute atomic E-state index is 0.274. The van der Waals surface area contributed by atoms with Gasteiger partial charge in [-0.25, -0.2) is 0 Å². The van der Waals surface area contributed by atoms with Gasteiger partial charge in [-0.2, -0.15) is 5.10 Å². The SMILES string of the molecule is CCc1nn(C)c(CN(CCCO)C2CCC2)c1Br. The van der Waals surface area contributed by atoms with Crippen molar-refractivity contribution in [3.05, 3.63) is 15.9 Å². The van der Waals surface area contributed by atoms with E-state index in [0.29, 0.717) is 6.04 Å². The zero-order valence-electron chi connectivity index (χ0n) is 11.9. The van der Waals surface area contributed by atoms with Crippen molar-refractivity contribution < 1.29 is 5.11 Å². The second-order valence-corrected chi connectivity index (χ2v) is 6.11. The van der Waals surface area contributed by atoms with Crippen LogP contribution in [0.5, 0.6) is 0 Å². The summed E-state index contributed by atoms with van der Waals surface area (Å²) < 4.78 is 3.15. The van der Waals surface area contributed by atoms with Gasteiger partial charge in [0, 0.05) is 32.8 Å². The Bertz CT molecular complexity index is 415. The predicted molar refractivity (Wildman–Crippen MR) is 80.0 cm³/mol. The zero-order chi connectivity index (χ0) is 13.8. The highest BCUT2D eigenvalue weighted by Gasteiger charge is 2.26. The molecular formula is C14H24BrN3O. The Hall–Kier alpha value is -0.390. The van der Waals surface area contributed by atoms with Crippen molar-refractivity contribution in [3.63, 3.8) is 0 Å². The first-order chi connectivity index (χ1) is 9.17. The van der Waals surface area contributed by atoms with Crippen LogP contribution in [-0.2, 0) is 20.0 Å². The largest absolute Gasteiger partial charge is 0.396 e. The van der Waals surface area contributed by atoms with Gasteiger partial charge in [0.15, 0.2) is 0 Å². The molecule has 1 saturated carbocycles. The van der Waals surface area contributed by atoms with Crippen LogP contribution in [0.1, 0.15) is 44.0 Å². The van der Waals surface area contributed by atoms with Gasteiger partial charge < -0.3 is 5.11 Å². The molecule has 108 valence electrons. The van der Waals surface area contributed by atoms with Crippen LogP contribution in [0.4, 0.5) is 0 Å². The fourth-order valence-corrected chi connectivity index (χ4v) is 3.34. The fourth-order valence-electron chi connectivity index (χ4n) is 2.60. The maximum atomic E-state index is 9.05. The van der Waals surface area contributed by atoms with Crippen LogP contribution in [-0.4, -0.2) is 39.0 Å². The molecule has 1 heterocycles. The van der Waals surface area contributed by atoms with Gasteiger partial charge in [0.2, 0.25) is 0 Å². The molecule has 0 bridgehead atoms. The molecule has 0 radical (unpaired) electrons. The van der Waals surface area contributed by atoms with E-state index in [0.717, 1.165) is 36.1 Å². The number of hydrogen-bond acceptors (Lipinski definition) is 3. The van der Waals surface area contributed by atoms with Crippen LogP contribution in [0.2, 0.25) is 0 Å². The Kier molecular flexibility index (Phi) is 5.42. The van der Waals surface area contributed by atoms with Gasteiger partial charge in [-0.3, -0.25) is 9.58 Å². The normalized spacial score (nSPS) is 16.1. The highest BCUT2D eigenvalue weighted by Crippen LogP contribution is 2.29. The maximum Gasteiger partial charge on any atom is 0.0767 e. The summed E-state index contributed by atoms with van der Waals surface area (Å²) in [6.07, 6.45) is 5.73. The number of rotatable bonds is 7. The van der Waals surface area contributed by atoms with Crippen molar-refractivity contribution in [2.45, 2.75) is 51.6 Å². The highest BCUT2D eigenvalue weighted by molar-refractivity contribution is 9.10. The van der Waals surface area contributed by atoms with Crippen molar-refractivity contribution in [3.8, 4) is 0 Å². The number of nitrogens with zero attached hydrogens (tertiary/aromatic N) is 3. The summed E-state index contributed by atoms with van der Waals surface area (Å²) in [5, 5.41) is 13.6. The molecule has 1 aromatic heterocycles. The molecule has 1 N–H and O–H groups in total. The van der Waals surface area contributed by atoms with E-state index < -0.39 is 0 Å². The van der Waals surface area contributed by atoms with Crippen molar-refractivity contribution in [1.82, 2.24) is 14.7 Å². The van der Waals surface area contributed by atoms with Crippen molar-refractivity contribution in [1.29, 1.82) is 0 Å². The van der Waals surface area contributed by atoms with Gasteiger partial charge in [-0.15, -0.1) is 0 Å². The van der Waals surface area contributed by atoms with Crippen molar-refractivity contribution in [2.75, 3.05) is 13.2 Å². The van der Waals surface area contributed by atoms with Crippen LogP contribution in [0, 0.1) is 0 Å². The molecule has 19 heavy (non-hydrogen) atoms. The lowest BCUT2D eigenvalue weighted by atomic mass is 9.91. The molecule has 0 unspecified atom stereocenters. The molecule has 0 atom stereocenters. The van der Waals surface area contributed by atoms with Crippen molar-refractivity contribution >= 4 is 15.9 Å². The molecule has 1 aromatic rings. The van der Waals surface area contributed by atoms with Gasteiger partial charge in [0.05, 0.1) is 15.9 Å². The van der Waals surface area contributed by atoms with Crippen LogP contribution in [0.3, 0.4) is 0 Å². The number of aromatic nitrogens is 2. The Morgan fingerprint density at radius 2 is 2.21 bits per heavy atom. The lowest BCUT2D eigenvalue weighted by molar-refractivity contribution is 0.106. The van der Waals surface area contributed by atoms with Crippen LogP contribution >= 0.6 is 15.9 Å². The van der Waals surface area contributed by atoms with E-state index in [-0.39, 0.29) is 6.61 Å².